The van der Waals surface area contributed by atoms with E-state index >= 15 is 0 Å². The zero-order valence-electron chi connectivity index (χ0n) is 11.4. The van der Waals surface area contributed by atoms with Gasteiger partial charge in [0, 0.05) is 20.0 Å². The van der Waals surface area contributed by atoms with Gasteiger partial charge < -0.3 is 5.32 Å². The molecule has 3 N–H and O–H groups in total. The van der Waals surface area contributed by atoms with Gasteiger partial charge in [0.2, 0.25) is 5.91 Å². The highest BCUT2D eigenvalue weighted by atomic mass is 16.3. The smallest absolute Gasteiger partial charge is 0.221 e. The molecule has 0 spiro atoms. The summed E-state index contributed by atoms with van der Waals surface area (Å²) in [5, 5.41) is 7.22. The van der Waals surface area contributed by atoms with Crippen molar-refractivity contribution in [2.45, 2.75) is 20.8 Å². The van der Waals surface area contributed by atoms with E-state index in [0.717, 1.165) is 18.8 Å². The quantitative estimate of drug-likeness (QED) is 0.518. The molecule has 1 amide bonds. The molecule has 0 bridgehead atoms. The third kappa shape index (κ3) is 4.31. The highest BCUT2D eigenvalue weighted by molar-refractivity contribution is 5.92. The molecule has 1 aromatic rings. The summed E-state index contributed by atoms with van der Waals surface area (Å²) < 4.78 is 0. The summed E-state index contributed by atoms with van der Waals surface area (Å²) in [6.07, 6.45) is 0. The average Bonchev–Trinajstić information content (AvgIpc) is 2.38. The van der Waals surface area contributed by atoms with Crippen molar-refractivity contribution in [3.63, 3.8) is 0 Å². The van der Waals surface area contributed by atoms with Crippen molar-refractivity contribution in [1.82, 2.24) is 10.9 Å². The van der Waals surface area contributed by atoms with Crippen molar-refractivity contribution >= 4 is 23.0 Å². The SMILES string of the molecule is CCNN(NCC)c1ccc(N=O)c(NC(C)=O)c1. The molecule has 1 aromatic carbocycles. The Labute approximate surface area is 112 Å². The molecule has 0 fully saturated rings. The summed E-state index contributed by atoms with van der Waals surface area (Å²) in [5.41, 5.74) is 7.61. The average molecular weight is 265 g/mol. The summed E-state index contributed by atoms with van der Waals surface area (Å²) in [6, 6.07) is 4.99. The van der Waals surface area contributed by atoms with Crippen LogP contribution in [-0.4, -0.2) is 19.0 Å². The van der Waals surface area contributed by atoms with E-state index in [1.54, 1.807) is 23.3 Å². The van der Waals surface area contributed by atoms with Crippen molar-refractivity contribution in [2.75, 3.05) is 23.5 Å². The fraction of sp³-hybridized carbons (Fsp3) is 0.417. The minimum absolute atomic E-state index is 0.201. The van der Waals surface area contributed by atoms with Gasteiger partial charge in [-0.1, -0.05) is 13.8 Å². The van der Waals surface area contributed by atoms with Crippen LogP contribution in [-0.2, 0) is 4.79 Å². The lowest BCUT2D eigenvalue weighted by molar-refractivity contribution is -0.114. The molecule has 0 aliphatic carbocycles. The number of anilines is 2. The first kappa shape index (κ1) is 15.1. The lowest BCUT2D eigenvalue weighted by Crippen LogP contribution is -2.48. The molecule has 104 valence electrons. The predicted molar refractivity (Wildman–Crippen MR) is 76.0 cm³/mol. The number of nitroso groups, excluding NO2 is 1. The highest BCUT2D eigenvalue weighted by Crippen LogP contribution is 2.29. The minimum atomic E-state index is -0.250. The van der Waals surface area contributed by atoms with E-state index in [2.05, 4.69) is 21.3 Å². The topological polar surface area (TPSA) is 85.8 Å². The van der Waals surface area contributed by atoms with E-state index in [1.807, 2.05) is 13.8 Å². The Balaban J connectivity index is 3.06. The number of nitrogens with one attached hydrogen (secondary N) is 3. The van der Waals surface area contributed by atoms with Crippen LogP contribution in [0.1, 0.15) is 20.8 Å². The molecule has 0 aliphatic heterocycles. The maximum absolute atomic E-state index is 11.1. The highest BCUT2D eigenvalue weighted by Gasteiger charge is 2.10. The standard InChI is InChI=1S/C12H19N5O2/c1-4-13-17(14-5-2)10-6-7-11(16-19)12(8-10)15-9(3)18/h6-8,13-14H,4-5H2,1-3H3,(H,15,18). The first-order valence-electron chi connectivity index (χ1n) is 6.14. The van der Waals surface area contributed by atoms with Crippen LogP contribution in [0, 0.1) is 4.91 Å². The van der Waals surface area contributed by atoms with Gasteiger partial charge >= 0.3 is 0 Å². The number of hydrogen-bond donors (Lipinski definition) is 3. The van der Waals surface area contributed by atoms with Crippen molar-refractivity contribution in [3.8, 4) is 0 Å². The number of benzene rings is 1. The van der Waals surface area contributed by atoms with Crippen LogP contribution in [0.3, 0.4) is 0 Å². The summed E-state index contributed by atoms with van der Waals surface area (Å²) in [5.74, 6) is -0.250. The van der Waals surface area contributed by atoms with Gasteiger partial charge in [-0.15, -0.1) is 4.91 Å². The second-order valence-electron chi connectivity index (χ2n) is 3.83. The van der Waals surface area contributed by atoms with Crippen LogP contribution in [0.4, 0.5) is 17.1 Å². The van der Waals surface area contributed by atoms with E-state index in [0.29, 0.717) is 5.69 Å². The number of hydrazine groups is 2. The molecule has 0 atom stereocenters. The largest absolute Gasteiger partial charge is 0.324 e. The third-order valence-electron chi connectivity index (χ3n) is 2.28. The Kier molecular flexibility index (Phi) is 5.91. The van der Waals surface area contributed by atoms with Crippen LogP contribution in [0.15, 0.2) is 23.4 Å². The van der Waals surface area contributed by atoms with Gasteiger partial charge in [0.1, 0.15) is 5.69 Å². The van der Waals surface area contributed by atoms with Gasteiger partial charge in [-0.25, -0.2) is 16.0 Å². The normalized spacial score (nSPS) is 10.1. The van der Waals surface area contributed by atoms with Gasteiger partial charge in [-0.05, 0) is 23.4 Å². The van der Waals surface area contributed by atoms with Crippen molar-refractivity contribution < 1.29 is 4.79 Å². The minimum Gasteiger partial charge on any atom is -0.324 e. The Morgan fingerprint density at radius 1 is 1.26 bits per heavy atom. The van der Waals surface area contributed by atoms with Gasteiger partial charge in [0.25, 0.3) is 0 Å². The van der Waals surface area contributed by atoms with Gasteiger partial charge in [-0.3, -0.25) is 4.79 Å². The van der Waals surface area contributed by atoms with E-state index in [9.17, 15) is 9.70 Å². The molecule has 0 saturated heterocycles. The first-order chi connectivity index (χ1) is 9.12. The number of hydrogen-bond acceptors (Lipinski definition) is 6. The zero-order chi connectivity index (χ0) is 14.3. The molecule has 1 rings (SSSR count). The fourth-order valence-corrected chi connectivity index (χ4v) is 1.59. The van der Waals surface area contributed by atoms with Crippen molar-refractivity contribution in [3.05, 3.63) is 23.1 Å². The maximum Gasteiger partial charge on any atom is 0.221 e. The fourth-order valence-electron chi connectivity index (χ4n) is 1.59. The molecule has 7 heteroatoms. The van der Waals surface area contributed by atoms with Crippen LogP contribution in [0.2, 0.25) is 0 Å². The van der Waals surface area contributed by atoms with Crippen LogP contribution in [0.5, 0.6) is 0 Å². The van der Waals surface area contributed by atoms with E-state index < -0.39 is 0 Å². The van der Waals surface area contributed by atoms with Gasteiger partial charge in [0.15, 0.2) is 0 Å². The summed E-state index contributed by atoms with van der Waals surface area (Å²) in [4.78, 5) is 21.8. The van der Waals surface area contributed by atoms with Crippen LogP contribution in [0.25, 0.3) is 0 Å². The molecule has 19 heavy (non-hydrogen) atoms. The second kappa shape index (κ2) is 7.45. The molecule has 0 saturated carbocycles. The van der Waals surface area contributed by atoms with Crippen LogP contribution < -0.4 is 21.3 Å². The number of carbonyl (C=O) groups is 1. The Morgan fingerprint density at radius 2 is 1.89 bits per heavy atom. The Hall–Kier alpha value is -1.99. The molecule has 0 aromatic heterocycles. The number of rotatable bonds is 7. The van der Waals surface area contributed by atoms with Gasteiger partial charge in [0.05, 0.1) is 11.4 Å². The summed E-state index contributed by atoms with van der Waals surface area (Å²) in [6.45, 7) is 6.79. The zero-order valence-corrected chi connectivity index (χ0v) is 11.4. The lowest BCUT2D eigenvalue weighted by atomic mass is 10.2. The maximum atomic E-state index is 11.1. The van der Waals surface area contributed by atoms with Crippen LogP contribution >= 0.6 is 0 Å². The molecule has 0 aliphatic rings. The summed E-state index contributed by atoms with van der Waals surface area (Å²) >= 11 is 0. The predicted octanol–water partition coefficient (Wildman–Crippen LogP) is 1.90. The monoisotopic (exact) mass is 265 g/mol. The number of amides is 1. The van der Waals surface area contributed by atoms with Gasteiger partial charge in [-0.2, -0.15) is 0 Å². The van der Waals surface area contributed by atoms with E-state index in [1.165, 1.54) is 6.92 Å². The van der Waals surface area contributed by atoms with E-state index in [-0.39, 0.29) is 11.6 Å². The molecular formula is C12H19N5O2. The number of nitrogens with zero attached hydrogens (tertiary/aromatic N) is 2. The van der Waals surface area contributed by atoms with Crippen molar-refractivity contribution in [2.24, 2.45) is 5.18 Å². The molecule has 0 radical (unpaired) electrons. The molecular weight excluding hydrogens is 246 g/mol. The Bertz CT molecular complexity index is 444. The third-order valence-corrected chi connectivity index (χ3v) is 2.28. The lowest BCUT2D eigenvalue weighted by Gasteiger charge is -2.25. The Morgan fingerprint density at radius 3 is 2.37 bits per heavy atom. The molecule has 0 heterocycles. The van der Waals surface area contributed by atoms with Crippen molar-refractivity contribution in [1.29, 1.82) is 0 Å². The second-order valence-corrected chi connectivity index (χ2v) is 3.83. The molecule has 7 nitrogen and oxygen atoms in total. The molecule has 0 unspecified atom stereocenters. The number of carbonyl (C=O) groups excluding carboxylic acids is 1. The van der Waals surface area contributed by atoms with E-state index in [4.69, 9.17) is 0 Å². The first-order valence-corrected chi connectivity index (χ1v) is 6.14. The summed E-state index contributed by atoms with van der Waals surface area (Å²) in [7, 11) is 0.